The van der Waals surface area contributed by atoms with Crippen molar-refractivity contribution in [1.29, 1.82) is 0 Å². The Hall–Kier alpha value is -1.10. The van der Waals surface area contributed by atoms with Gasteiger partial charge in [0.25, 0.3) is 0 Å². The summed E-state index contributed by atoms with van der Waals surface area (Å²) in [5.41, 5.74) is 0. The Labute approximate surface area is 127 Å². The number of nitrogens with one attached hydrogen (secondary N) is 1. The molecule has 0 spiro atoms. The molecular formula is C16H28N2O3. The fourth-order valence-electron chi connectivity index (χ4n) is 3.73. The van der Waals surface area contributed by atoms with E-state index in [-0.39, 0.29) is 11.8 Å². The van der Waals surface area contributed by atoms with E-state index in [0.717, 1.165) is 19.5 Å². The maximum atomic E-state index is 12.3. The Morgan fingerprint density at radius 3 is 2.52 bits per heavy atom. The van der Waals surface area contributed by atoms with Crippen LogP contribution in [0.1, 0.15) is 40.0 Å². The highest BCUT2D eigenvalue weighted by molar-refractivity contribution is 5.85. The lowest BCUT2D eigenvalue weighted by Crippen LogP contribution is -2.38. The number of carbonyl (C=O) groups excluding carboxylic acids is 1. The zero-order chi connectivity index (χ0) is 15.6. The van der Waals surface area contributed by atoms with E-state index in [9.17, 15) is 14.7 Å². The summed E-state index contributed by atoms with van der Waals surface area (Å²) in [6.45, 7) is 9.22. The third kappa shape index (κ3) is 3.96. The van der Waals surface area contributed by atoms with Crippen molar-refractivity contribution in [2.75, 3.05) is 19.6 Å². The third-order valence-corrected chi connectivity index (χ3v) is 5.06. The molecule has 0 aromatic rings. The van der Waals surface area contributed by atoms with E-state index in [2.05, 4.69) is 24.1 Å². The molecule has 4 unspecified atom stereocenters. The number of carboxylic acid groups (broad SMARTS) is 1. The lowest BCUT2D eigenvalue weighted by atomic mass is 9.95. The molecule has 0 aromatic carbocycles. The van der Waals surface area contributed by atoms with Gasteiger partial charge in [-0.1, -0.05) is 6.92 Å². The van der Waals surface area contributed by atoms with E-state index in [4.69, 9.17) is 0 Å². The number of amides is 1. The van der Waals surface area contributed by atoms with Crippen molar-refractivity contribution < 1.29 is 14.7 Å². The van der Waals surface area contributed by atoms with Crippen LogP contribution in [-0.2, 0) is 9.59 Å². The van der Waals surface area contributed by atoms with Crippen LogP contribution in [0.25, 0.3) is 0 Å². The van der Waals surface area contributed by atoms with Gasteiger partial charge in [-0.3, -0.25) is 9.59 Å². The third-order valence-electron chi connectivity index (χ3n) is 5.06. The first-order valence-corrected chi connectivity index (χ1v) is 8.13. The number of rotatable bonds is 5. The number of carboxylic acids is 1. The van der Waals surface area contributed by atoms with Crippen LogP contribution in [0.15, 0.2) is 0 Å². The van der Waals surface area contributed by atoms with Gasteiger partial charge < -0.3 is 15.3 Å². The molecule has 2 fully saturated rings. The fourth-order valence-corrected chi connectivity index (χ4v) is 3.73. The van der Waals surface area contributed by atoms with Gasteiger partial charge in [-0.25, -0.2) is 0 Å². The molecule has 1 saturated heterocycles. The molecule has 0 aromatic heterocycles. The first-order chi connectivity index (χ1) is 9.88. The zero-order valence-electron chi connectivity index (χ0n) is 13.3. The molecule has 1 saturated carbocycles. The molecule has 1 heterocycles. The fraction of sp³-hybridized carbons (Fsp3) is 0.875. The highest BCUT2D eigenvalue weighted by Gasteiger charge is 2.41. The van der Waals surface area contributed by atoms with Crippen LogP contribution in [-0.4, -0.2) is 47.6 Å². The molecule has 2 rings (SSSR count). The molecule has 2 aliphatic rings. The molecule has 120 valence electrons. The highest BCUT2D eigenvalue weighted by atomic mass is 16.4. The predicted octanol–water partition coefficient (Wildman–Crippen LogP) is 1.58. The Balaban J connectivity index is 1.81. The molecule has 4 atom stereocenters. The topological polar surface area (TPSA) is 69.6 Å². The van der Waals surface area contributed by atoms with Crippen molar-refractivity contribution in [3.63, 3.8) is 0 Å². The summed E-state index contributed by atoms with van der Waals surface area (Å²) >= 11 is 0. The largest absolute Gasteiger partial charge is 0.481 e. The number of hydrogen-bond donors (Lipinski definition) is 2. The highest BCUT2D eigenvalue weighted by Crippen LogP contribution is 2.36. The van der Waals surface area contributed by atoms with Gasteiger partial charge in [0.1, 0.15) is 0 Å². The molecule has 0 radical (unpaired) electrons. The molecule has 5 nitrogen and oxygen atoms in total. The maximum Gasteiger partial charge on any atom is 0.307 e. The minimum absolute atomic E-state index is 0.0604. The van der Waals surface area contributed by atoms with E-state index < -0.39 is 11.9 Å². The SMILES string of the molecule is CC1CC(C(=O)O)C(C(=O)NCC2CCN(C(C)C)C2)C1. The average Bonchev–Trinajstić information content (AvgIpc) is 3.02. The lowest BCUT2D eigenvalue weighted by molar-refractivity contribution is -0.146. The van der Waals surface area contributed by atoms with E-state index >= 15 is 0 Å². The average molecular weight is 296 g/mol. The van der Waals surface area contributed by atoms with E-state index in [1.165, 1.54) is 0 Å². The summed E-state index contributed by atoms with van der Waals surface area (Å²) in [5, 5.41) is 12.2. The smallest absolute Gasteiger partial charge is 0.307 e. The summed E-state index contributed by atoms with van der Waals surface area (Å²) in [7, 11) is 0. The van der Waals surface area contributed by atoms with Crippen molar-refractivity contribution in [1.82, 2.24) is 10.2 Å². The van der Waals surface area contributed by atoms with Crippen molar-refractivity contribution in [2.45, 2.75) is 46.1 Å². The van der Waals surface area contributed by atoms with E-state index in [1.807, 2.05) is 6.92 Å². The minimum atomic E-state index is -0.827. The van der Waals surface area contributed by atoms with Gasteiger partial charge >= 0.3 is 5.97 Å². The first-order valence-electron chi connectivity index (χ1n) is 8.13. The molecule has 1 amide bonds. The van der Waals surface area contributed by atoms with Crippen molar-refractivity contribution in [3.05, 3.63) is 0 Å². The summed E-state index contributed by atoms with van der Waals surface area (Å²) in [4.78, 5) is 26.0. The predicted molar refractivity (Wildman–Crippen MR) is 80.8 cm³/mol. The quantitative estimate of drug-likeness (QED) is 0.808. The Morgan fingerprint density at radius 1 is 1.29 bits per heavy atom. The number of likely N-dealkylation sites (tertiary alicyclic amines) is 1. The second-order valence-electron chi connectivity index (χ2n) is 7.12. The molecule has 0 bridgehead atoms. The molecule has 1 aliphatic carbocycles. The van der Waals surface area contributed by atoms with Crippen LogP contribution in [0.3, 0.4) is 0 Å². The molecular weight excluding hydrogens is 268 g/mol. The Kier molecular flexibility index (Phi) is 5.25. The molecule has 1 aliphatic heterocycles. The standard InChI is InChI=1S/C16H28N2O3/c1-10(2)18-5-4-12(9-18)8-17-15(19)13-6-11(3)7-14(13)16(20)21/h10-14H,4-9H2,1-3H3,(H,17,19)(H,20,21). The zero-order valence-corrected chi connectivity index (χ0v) is 13.3. The first kappa shape index (κ1) is 16.3. The van der Waals surface area contributed by atoms with Gasteiger partial charge in [-0.15, -0.1) is 0 Å². The van der Waals surface area contributed by atoms with E-state index in [0.29, 0.717) is 37.3 Å². The monoisotopic (exact) mass is 296 g/mol. The number of hydrogen-bond acceptors (Lipinski definition) is 3. The normalized spacial score (nSPS) is 33.5. The summed E-state index contributed by atoms with van der Waals surface area (Å²) in [5.74, 6) is -0.917. The van der Waals surface area contributed by atoms with Gasteiger partial charge in [0.05, 0.1) is 11.8 Å². The van der Waals surface area contributed by atoms with Gasteiger partial charge in [0, 0.05) is 19.1 Å². The van der Waals surface area contributed by atoms with Gasteiger partial charge in [0.2, 0.25) is 5.91 Å². The van der Waals surface area contributed by atoms with Crippen molar-refractivity contribution >= 4 is 11.9 Å². The summed E-state index contributed by atoms with van der Waals surface area (Å²) in [6, 6.07) is 0.553. The van der Waals surface area contributed by atoms with Crippen LogP contribution >= 0.6 is 0 Å². The second kappa shape index (κ2) is 6.77. The Bertz CT molecular complexity index is 397. The summed E-state index contributed by atoms with van der Waals surface area (Å²) < 4.78 is 0. The van der Waals surface area contributed by atoms with Gasteiger partial charge in [-0.2, -0.15) is 0 Å². The van der Waals surface area contributed by atoms with Crippen LogP contribution < -0.4 is 5.32 Å². The molecule has 5 heteroatoms. The van der Waals surface area contributed by atoms with Gasteiger partial charge in [0.15, 0.2) is 0 Å². The molecule has 2 N–H and O–H groups in total. The number of carbonyl (C=O) groups is 2. The van der Waals surface area contributed by atoms with Crippen LogP contribution in [0.2, 0.25) is 0 Å². The number of nitrogens with zero attached hydrogens (tertiary/aromatic N) is 1. The second-order valence-corrected chi connectivity index (χ2v) is 7.12. The minimum Gasteiger partial charge on any atom is -0.481 e. The van der Waals surface area contributed by atoms with Gasteiger partial charge in [-0.05, 0) is 51.5 Å². The number of aliphatic carboxylic acids is 1. The van der Waals surface area contributed by atoms with Crippen LogP contribution in [0.5, 0.6) is 0 Å². The Morgan fingerprint density at radius 2 is 1.95 bits per heavy atom. The lowest BCUT2D eigenvalue weighted by Gasteiger charge is -2.21. The van der Waals surface area contributed by atoms with E-state index in [1.54, 1.807) is 0 Å². The van der Waals surface area contributed by atoms with Crippen LogP contribution in [0.4, 0.5) is 0 Å². The van der Waals surface area contributed by atoms with Crippen molar-refractivity contribution in [2.24, 2.45) is 23.7 Å². The van der Waals surface area contributed by atoms with Crippen LogP contribution in [0, 0.1) is 23.7 Å². The van der Waals surface area contributed by atoms with Crippen molar-refractivity contribution in [3.8, 4) is 0 Å². The maximum absolute atomic E-state index is 12.3. The molecule has 21 heavy (non-hydrogen) atoms. The summed E-state index contributed by atoms with van der Waals surface area (Å²) in [6.07, 6.45) is 2.44.